The zero-order chi connectivity index (χ0) is 15.5. The van der Waals surface area contributed by atoms with Crippen LogP contribution in [-0.2, 0) is 11.2 Å². The van der Waals surface area contributed by atoms with E-state index in [1.54, 1.807) is 12.1 Å². The third-order valence-corrected chi connectivity index (χ3v) is 4.15. The van der Waals surface area contributed by atoms with Gasteiger partial charge in [0.05, 0.1) is 6.42 Å². The number of H-pyrrole nitrogens is 1. The minimum Gasteiger partial charge on any atom is -0.346 e. The van der Waals surface area contributed by atoms with E-state index in [1.807, 2.05) is 18.0 Å². The molecule has 1 N–H and O–H groups in total. The number of nitrogens with zero attached hydrogens (tertiary/aromatic N) is 2. The van der Waals surface area contributed by atoms with Crippen molar-refractivity contribution in [2.75, 3.05) is 13.1 Å². The number of likely N-dealkylation sites (tertiary alicyclic amines) is 1. The van der Waals surface area contributed by atoms with Gasteiger partial charge in [0.15, 0.2) is 0 Å². The zero-order valence-electron chi connectivity index (χ0n) is 12.7. The standard InChI is InChI=1S/C17H20FN3O/c1-12-10-19-17(20-12)14-3-2-8-21(11-14)16(22)9-13-4-6-15(18)7-5-13/h4-7,10,14H,2-3,8-9,11H2,1H3,(H,19,20)/t14-/m1/s1. The molecule has 1 fully saturated rings. The van der Waals surface area contributed by atoms with Gasteiger partial charge in [-0.05, 0) is 37.5 Å². The van der Waals surface area contributed by atoms with Gasteiger partial charge in [-0.1, -0.05) is 12.1 Å². The quantitative estimate of drug-likeness (QED) is 0.947. The smallest absolute Gasteiger partial charge is 0.227 e. The van der Waals surface area contributed by atoms with E-state index in [2.05, 4.69) is 9.97 Å². The molecule has 4 nitrogen and oxygen atoms in total. The normalized spacial score (nSPS) is 18.5. The number of carbonyl (C=O) groups excluding carboxylic acids is 1. The Morgan fingerprint density at radius 1 is 1.41 bits per heavy atom. The number of imidazole rings is 1. The molecule has 0 aliphatic carbocycles. The summed E-state index contributed by atoms with van der Waals surface area (Å²) in [5, 5.41) is 0. The van der Waals surface area contributed by atoms with E-state index in [1.165, 1.54) is 12.1 Å². The molecule has 1 aliphatic rings. The average molecular weight is 301 g/mol. The Labute approximate surface area is 129 Å². The van der Waals surface area contributed by atoms with Gasteiger partial charge in [0.25, 0.3) is 0 Å². The largest absolute Gasteiger partial charge is 0.346 e. The number of benzene rings is 1. The number of aryl methyl sites for hydroxylation is 1. The van der Waals surface area contributed by atoms with Crippen LogP contribution in [0, 0.1) is 12.7 Å². The van der Waals surface area contributed by atoms with Crippen LogP contribution in [0.25, 0.3) is 0 Å². The highest BCUT2D eigenvalue weighted by molar-refractivity contribution is 5.78. The number of aromatic nitrogens is 2. The molecule has 2 heterocycles. The molecule has 1 aromatic carbocycles. The van der Waals surface area contributed by atoms with Crippen molar-refractivity contribution in [2.45, 2.75) is 32.1 Å². The van der Waals surface area contributed by atoms with Crippen LogP contribution in [0.2, 0.25) is 0 Å². The predicted octanol–water partition coefficient (Wildman–Crippen LogP) is 2.81. The lowest BCUT2D eigenvalue weighted by atomic mass is 9.96. The molecular weight excluding hydrogens is 281 g/mol. The predicted molar refractivity (Wildman–Crippen MR) is 82.0 cm³/mol. The first-order valence-corrected chi connectivity index (χ1v) is 7.65. The SMILES string of the molecule is Cc1cnc([C@@H]2CCCN(C(=O)Cc3ccc(F)cc3)C2)[nH]1. The maximum absolute atomic E-state index is 12.9. The van der Waals surface area contributed by atoms with Gasteiger partial charge in [0.2, 0.25) is 5.91 Å². The highest BCUT2D eigenvalue weighted by Crippen LogP contribution is 2.25. The number of aromatic amines is 1. The second-order valence-electron chi connectivity index (χ2n) is 5.93. The summed E-state index contributed by atoms with van der Waals surface area (Å²) in [5.41, 5.74) is 1.90. The Kier molecular flexibility index (Phi) is 4.22. The van der Waals surface area contributed by atoms with Gasteiger partial charge in [-0.15, -0.1) is 0 Å². The highest BCUT2D eigenvalue weighted by Gasteiger charge is 2.26. The summed E-state index contributed by atoms with van der Waals surface area (Å²) >= 11 is 0. The van der Waals surface area contributed by atoms with E-state index in [0.29, 0.717) is 13.0 Å². The minimum absolute atomic E-state index is 0.0968. The first kappa shape index (κ1) is 14.8. The van der Waals surface area contributed by atoms with Crippen LogP contribution >= 0.6 is 0 Å². The molecule has 0 saturated carbocycles. The Hall–Kier alpha value is -2.17. The third kappa shape index (κ3) is 3.35. The number of amides is 1. The third-order valence-electron chi connectivity index (χ3n) is 4.15. The highest BCUT2D eigenvalue weighted by atomic mass is 19.1. The number of hydrogen-bond donors (Lipinski definition) is 1. The van der Waals surface area contributed by atoms with Crippen molar-refractivity contribution in [1.29, 1.82) is 0 Å². The molecule has 0 unspecified atom stereocenters. The van der Waals surface area contributed by atoms with E-state index >= 15 is 0 Å². The fourth-order valence-electron chi connectivity index (χ4n) is 2.96. The van der Waals surface area contributed by atoms with Crippen molar-refractivity contribution in [3.63, 3.8) is 0 Å². The van der Waals surface area contributed by atoms with Crippen LogP contribution in [0.1, 0.15) is 35.8 Å². The Morgan fingerprint density at radius 3 is 2.86 bits per heavy atom. The van der Waals surface area contributed by atoms with E-state index in [0.717, 1.165) is 36.5 Å². The summed E-state index contributed by atoms with van der Waals surface area (Å²) < 4.78 is 12.9. The van der Waals surface area contributed by atoms with Gasteiger partial charge >= 0.3 is 0 Å². The van der Waals surface area contributed by atoms with Gasteiger partial charge < -0.3 is 9.88 Å². The number of carbonyl (C=O) groups is 1. The van der Waals surface area contributed by atoms with Crippen molar-refractivity contribution in [3.8, 4) is 0 Å². The number of nitrogens with one attached hydrogen (secondary N) is 1. The molecule has 0 spiro atoms. The Morgan fingerprint density at radius 2 is 2.18 bits per heavy atom. The lowest BCUT2D eigenvalue weighted by Crippen LogP contribution is -2.40. The Bertz CT molecular complexity index is 650. The number of rotatable bonds is 3. The maximum atomic E-state index is 12.9. The molecule has 0 bridgehead atoms. The monoisotopic (exact) mass is 301 g/mol. The number of piperidine rings is 1. The van der Waals surface area contributed by atoms with E-state index in [-0.39, 0.29) is 17.6 Å². The molecule has 3 rings (SSSR count). The lowest BCUT2D eigenvalue weighted by molar-refractivity contribution is -0.131. The van der Waals surface area contributed by atoms with Crippen molar-refractivity contribution in [3.05, 3.63) is 53.4 Å². The molecule has 1 atom stereocenters. The molecule has 2 aromatic rings. The molecule has 22 heavy (non-hydrogen) atoms. The first-order chi connectivity index (χ1) is 10.6. The summed E-state index contributed by atoms with van der Waals surface area (Å²) in [6.45, 7) is 3.47. The fraction of sp³-hybridized carbons (Fsp3) is 0.412. The number of hydrogen-bond acceptors (Lipinski definition) is 2. The van der Waals surface area contributed by atoms with Gasteiger partial charge in [0, 0.05) is 30.9 Å². The molecule has 116 valence electrons. The van der Waals surface area contributed by atoms with E-state index < -0.39 is 0 Å². The van der Waals surface area contributed by atoms with Crippen LogP contribution in [-0.4, -0.2) is 33.9 Å². The zero-order valence-corrected chi connectivity index (χ0v) is 12.7. The maximum Gasteiger partial charge on any atom is 0.227 e. The van der Waals surface area contributed by atoms with Crippen LogP contribution < -0.4 is 0 Å². The van der Waals surface area contributed by atoms with Crippen LogP contribution in [0.3, 0.4) is 0 Å². The van der Waals surface area contributed by atoms with Crippen LogP contribution in [0.4, 0.5) is 4.39 Å². The van der Waals surface area contributed by atoms with Crippen molar-refractivity contribution >= 4 is 5.91 Å². The van der Waals surface area contributed by atoms with Crippen LogP contribution in [0.5, 0.6) is 0 Å². The Balaban J connectivity index is 1.63. The van der Waals surface area contributed by atoms with E-state index in [9.17, 15) is 9.18 Å². The fourth-order valence-corrected chi connectivity index (χ4v) is 2.96. The topological polar surface area (TPSA) is 49.0 Å². The van der Waals surface area contributed by atoms with Gasteiger partial charge in [0.1, 0.15) is 11.6 Å². The second kappa shape index (κ2) is 6.30. The second-order valence-corrected chi connectivity index (χ2v) is 5.93. The molecule has 1 saturated heterocycles. The summed E-state index contributed by atoms with van der Waals surface area (Å²) in [7, 11) is 0. The lowest BCUT2D eigenvalue weighted by Gasteiger charge is -2.32. The minimum atomic E-state index is -0.276. The average Bonchev–Trinajstić information content (AvgIpc) is 2.96. The van der Waals surface area contributed by atoms with Crippen molar-refractivity contribution in [2.24, 2.45) is 0 Å². The van der Waals surface area contributed by atoms with Crippen LogP contribution in [0.15, 0.2) is 30.5 Å². The van der Waals surface area contributed by atoms with Gasteiger partial charge in [-0.3, -0.25) is 4.79 Å². The van der Waals surface area contributed by atoms with Crippen molar-refractivity contribution in [1.82, 2.24) is 14.9 Å². The van der Waals surface area contributed by atoms with Gasteiger partial charge in [-0.25, -0.2) is 9.37 Å². The van der Waals surface area contributed by atoms with E-state index in [4.69, 9.17) is 0 Å². The summed E-state index contributed by atoms with van der Waals surface area (Å²) in [6.07, 6.45) is 4.19. The molecular formula is C17H20FN3O. The first-order valence-electron chi connectivity index (χ1n) is 7.65. The molecule has 1 aromatic heterocycles. The molecule has 1 amide bonds. The van der Waals surface area contributed by atoms with Crippen molar-refractivity contribution < 1.29 is 9.18 Å². The summed E-state index contributed by atoms with van der Waals surface area (Å²) in [4.78, 5) is 22.0. The molecule has 1 aliphatic heterocycles. The molecule has 5 heteroatoms. The summed E-state index contributed by atoms with van der Waals surface area (Å²) in [6, 6.07) is 6.13. The molecule has 0 radical (unpaired) electrons. The number of halogens is 1. The summed E-state index contributed by atoms with van der Waals surface area (Å²) in [5.74, 6) is 1.07. The van der Waals surface area contributed by atoms with Gasteiger partial charge in [-0.2, -0.15) is 0 Å².